The fourth-order valence-electron chi connectivity index (χ4n) is 3.67. The summed E-state index contributed by atoms with van der Waals surface area (Å²) in [6, 6.07) is 15.6. The first-order valence-electron chi connectivity index (χ1n) is 10.0. The standard InChI is InChI=1S/C23H18FN7O/c24-14-7-9-15(10-8-14)31-22(26)17(12-25)18(30-31)5-3-11-27-23-21-20(28-13-29-23)16-4-1-2-6-19(16)32-21/h1-2,4,6-10,13H,3,5,11,26H2,(H,27,28,29). The number of rotatable bonds is 6. The normalized spacial score (nSPS) is 11.1. The number of aryl methyl sites for hydroxylation is 1. The van der Waals surface area contributed by atoms with Crippen molar-refractivity contribution < 1.29 is 8.81 Å². The zero-order valence-electron chi connectivity index (χ0n) is 16.9. The van der Waals surface area contributed by atoms with E-state index in [1.165, 1.54) is 23.1 Å². The molecule has 0 aliphatic heterocycles. The molecular weight excluding hydrogens is 409 g/mol. The van der Waals surface area contributed by atoms with E-state index in [0.29, 0.717) is 47.7 Å². The Morgan fingerprint density at radius 1 is 1.12 bits per heavy atom. The number of benzene rings is 2. The molecule has 0 bridgehead atoms. The van der Waals surface area contributed by atoms with E-state index in [-0.39, 0.29) is 11.6 Å². The van der Waals surface area contributed by atoms with E-state index in [2.05, 4.69) is 26.5 Å². The number of aromatic nitrogens is 4. The minimum Gasteiger partial charge on any atom is -0.450 e. The molecule has 3 heterocycles. The summed E-state index contributed by atoms with van der Waals surface area (Å²) < 4.78 is 20.6. The van der Waals surface area contributed by atoms with Crippen LogP contribution in [0.3, 0.4) is 0 Å². The predicted molar refractivity (Wildman–Crippen MR) is 119 cm³/mol. The molecule has 3 aromatic heterocycles. The fourth-order valence-corrected chi connectivity index (χ4v) is 3.67. The van der Waals surface area contributed by atoms with Crippen LogP contribution in [0.1, 0.15) is 17.7 Å². The van der Waals surface area contributed by atoms with Crippen molar-refractivity contribution in [1.82, 2.24) is 19.7 Å². The van der Waals surface area contributed by atoms with Crippen LogP contribution in [0, 0.1) is 17.1 Å². The lowest BCUT2D eigenvalue weighted by molar-refractivity contribution is 0.627. The number of nitrogen functional groups attached to an aromatic ring is 1. The number of anilines is 2. The van der Waals surface area contributed by atoms with Gasteiger partial charge in [-0.3, -0.25) is 0 Å². The van der Waals surface area contributed by atoms with Gasteiger partial charge in [-0.2, -0.15) is 10.4 Å². The molecule has 0 amide bonds. The first kappa shape index (κ1) is 19.5. The van der Waals surface area contributed by atoms with Crippen LogP contribution in [0.2, 0.25) is 0 Å². The van der Waals surface area contributed by atoms with Gasteiger partial charge >= 0.3 is 0 Å². The molecule has 9 heteroatoms. The molecule has 5 aromatic rings. The Labute approximate surface area is 182 Å². The number of nitrogens with one attached hydrogen (secondary N) is 1. The molecule has 0 radical (unpaired) electrons. The van der Waals surface area contributed by atoms with Crippen LogP contribution < -0.4 is 11.1 Å². The molecule has 2 aromatic carbocycles. The van der Waals surface area contributed by atoms with Crippen LogP contribution in [0.15, 0.2) is 59.3 Å². The quantitative estimate of drug-likeness (QED) is 0.390. The monoisotopic (exact) mass is 427 g/mol. The van der Waals surface area contributed by atoms with Crippen LogP contribution in [-0.2, 0) is 6.42 Å². The SMILES string of the molecule is N#Cc1c(CCCNc2ncnc3c2oc2ccccc23)nn(-c2ccc(F)cc2)c1N. The second-order valence-electron chi connectivity index (χ2n) is 7.24. The second-order valence-corrected chi connectivity index (χ2v) is 7.24. The van der Waals surface area contributed by atoms with Crippen molar-refractivity contribution in [2.45, 2.75) is 12.8 Å². The van der Waals surface area contributed by atoms with Crippen molar-refractivity contribution in [3.05, 3.63) is 71.9 Å². The number of nitrogens with two attached hydrogens (primary N) is 1. The number of halogens is 1. The maximum atomic E-state index is 13.2. The Morgan fingerprint density at radius 2 is 1.94 bits per heavy atom. The summed E-state index contributed by atoms with van der Waals surface area (Å²) in [4.78, 5) is 8.65. The molecule has 0 aliphatic carbocycles. The van der Waals surface area contributed by atoms with Gasteiger partial charge in [-0.05, 0) is 49.2 Å². The van der Waals surface area contributed by atoms with Crippen LogP contribution in [-0.4, -0.2) is 26.3 Å². The summed E-state index contributed by atoms with van der Waals surface area (Å²) in [5.74, 6) is 0.500. The Morgan fingerprint density at radius 3 is 2.75 bits per heavy atom. The first-order valence-corrected chi connectivity index (χ1v) is 10.0. The van der Waals surface area contributed by atoms with E-state index in [1.807, 2.05) is 24.3 Å². The highest BCUT2D eigenvalue weighted by atomic mass is 19.1. The van der Waals surface area contributed by atoms with E-state index in [9.17, 15) is 9.65 Å². The average Bonchev–Trinajstić information content (AvgIpc) is 3.35. The highest BCUT2D eigenvalue weighted by Crippen LogP contribution is 2.30. The van der Waals surface area contributed by atoms with E-state index >= 15 is 0 Å². The number of hydrogen-bond donors (Lipinski definition) is 2. The lowest BCUT2D eigenvalue weighted by Crippen LogP contribution is -2.06. The number of fused-ring (bicyclic) bond motifs is 3. The zero-order chi connectivity index (χ0) is 22.1. The fraction of sp³-hybridized carbons (Fsp3) is 0.130. The third-order valence-electron chi connectivity index (χ3n) is 5.22. The highest BCUT2D eigenvalue weighted by molar-refractivity contribution is 6.05. The Kier molecular flexibility index (Phi) is 4.88. The number of furan rings is 1. The van der Waals surface area contributed by atoms with Crippen molar-refractivity contribution in [2.75, 3.05) is 17.6 Å². The van der Waals surface area contributed by atoms with Crippen molar-refractivity contribution in [2.24, 2.45) is 0 Å². The maximum absolute atomic E-state index is 13.2. The van der Waals surface area contributed by atoms with Gasteiger partial charge in [0.15, 0.2) is 11.4 Å². The number of nitriles is 1. The summed E-state index contributed by atoms with van der Waals surface area (Å²) in [7, 11) is 0. The molecule has 5 rings (SSSR count). The van der Waals surface area contributed by atoms with Gasteiger partial charge in [0.25, 0.3) is 0 Å². The molecule has 3 N–H and O–H groups in total. The van der Waals surface area contributed by atoms with Gasteiger partial charge in [-0.25, -0.2) is 19.0 Å². The number of para-hydroxylation sites is 1. The molecule has 158 valence electrons. The summed E-state index contributed by atoms with van der Waals surface area (Å²) in [5, 5.41) is 18.2. The minimum absolute atomic E-state index is 0.238. The molecule has 32 heavy (non-hydrogen) atoms. The highest BCUT2D eigenvalue weighted by Gasteiger charge is 2.17. The van der Waals surface area contributed by atoms with Gasteiger partial charge in [0.1, 0.15) is 40.7 Å². The van der Waals surface area contributed by atoms with E-state index in [1.54, 1.807) is 12.1 Å². The zero-order valence-corrected chi connectivity index (χ0v) is 16.9. The van der Waals surface area contributed by atoms with Gasteiger partial charge in [-0.15, -0.1) is 0 Å². The minimum atomic E-state index is -0.352. The van der Waals surface area contributed by atoms with Crippen molar-refractivity contribution in [3.8, 4) is 11.8 Å². The summed E-state index contributed by atoms with van der Waals surface area (Å²) in [6.07, 6.45) is 2.72. The molecule has 0 saturated heterocycles. The van der Waals surface area contributed by atoms with Crippen molar-refractivity contribution in [1.29, 1.82) is 5.26 Å². The van der Waals surface area contributed by atoms with Gasteiger partial charge in [0.2, 0.25) is 0 Å². The molecule has 8 nitrogen and oxygen atoms in total. The van der Waals surface area contributed by atoms with E-state index < -0.39 is 0 Å². The van der Waals surface area contributed by atoms with E-state index in [0.717, 1.165) is 16.5 Å². The lowest BCUT2D eigenvalue weighted by Gasteiger charge is -2.05. The van der Waals surface area contributed by atoms with Gasteiger partial charge in [0, 0.05) is 11.9 Å². The van der Waals surface area contributed by atoms with Crippen LogP contribution in [0.25, 0.3) is 27.8 Å². The van der Waals surface area contributed by atoms with Crippen molar-refractivity contribution >= 4 is 33.7 Å². The van der Waals surface area contributed by atoms with Gasteiger partial charge < -0.3 is 15.5 Å². The smallest absolute Gasteiger partial charge is 0.196 e. The molecule has 0 saturated carbocycles. The molecule has 0 atom stereocenters. The third kappa shape index (κ3) is 3.37. The summed E-state index contributed by atoms with van der Waals surface area (Å²) >= 11 is 0. The van der Waals surface area contributed by atoms with Gasteiger partial charge in [0.05, 0.1) is 11.4 Å². The largest absolute Gasteiger partial charge is 0.450 e. The predicted octanol–water partition coefficient (Wildman–Crippen LogP) is 4.20. The Bertz CT molecular complexity index is 1460. The molecule has 0 spiro atoms. The van der Waals surface area contributed by atoms with Gasteiger partial charge in [-0.1, -0.05) is 12.1 Å². The Hall–Kier alpha value is -4.45. The maximum Gasteiger partial charge on any atom is 0.196 e. The van der Waals surface area contributed by atoms with E-state index in [4.69, 9.17) is 10.2 Å². The molecule has 0 aliphatic rings. The first-order chi connectivity index (χ1) is 15.7. The summed E-state index contributed by atoms with van der Waals surface area (Å²) in [6.45, 7) is 0.581. The molecule has 0 unspecified atom stereocenters. The molecule has 0 fully saturated rings. The summed E-state index contributed by atoms with van der Waals surface area (Å²) in [5.41, 5.74) is 9.76. The number of nitrogens with zero attached hydrogens (tertiary/aromatic N) is 5. The average molecular weight is 427 g/mol. The van der Waals surface area contributed by atoms with Crippen LogP contribution >= 0.6 is 0 Å². The number of hydrogen-bond acceptors (Lipinski definition) is 7. The van der Waals surface area contributed by atoms with Crippen LogP contribution in [0.5, 0.6) is 0 Å². The third-order valence-corrected chi connectivity index (χ3v) is 5.22. The topological polar surface area (TPSA) is 119 Å². The second kappa shape index (κ2) is 8.00. The van der Waals surface area contributed by atoms with Crippen LogP contribution in [0.4, 0.5) is 16.0 Å². The molecular formula is C23H18FN7O. The lowest BCUT2D eigenvalue weighted by atomic mass is 10.1. The van der Waals surface area contributed by atoms with Crippen molar-refractivity contribution in [3.63, 3.8) is 0 Å². The Balaban J connectivity index is 1.32.